The first-order valence-electron chi connectivity index (χ1n) is 6.99. The van der Waals surface area contributed by atoms with Gasteiger partial charge in [0.1, 0.15) is 10.7 Å². The molecule has 1 saturated carbocycles. The molecule has 3 heteroatoms. The van der Waals surface area contributed by atoms with Crippen LogP contribution in [0.5, 0.6) is 0 Å². The molecule has 0 aliphatic heterocycles. The maximum atomic E-state index is 6.20. The third kappa shape index (κ3) is 2.39. The van der Waals surface area contributed by atoms with Crippen LogP contribution in [0.1, 0.15) is 47.7 Å². The highest BCUT2D eigenvalue weighted by Crippen LogP contribution is 2.41. The normalized spacial score (nSPS) is 16.1. The van der Waals surface area contributed by atoms with Gasteiger partial charge in [0.15, 0.2) is 0 Å². The minimum absolute atomic E-state index is 0.645. The number of aromatic nitrogens is 1. The molecule has 0 atom stereocenters. The van der Waals surface area contributed by atoms with Gasteiger partial charge in [-0.1, -0.05) is 36.6 Å². The van der Waals surface area contributed by atoms with E-state index in [9.17, 15) is 0 Å². The lowest BCUT2D eigenvalue weighted by Gasteiger charge is -2.05. The van der Waals surface area contributed by atoms with E-state index in [4.69, 9.17) is 10.7 Å². The summed E-state index contributed by atoms with van der Waals surface area (Å²) in [5.41, 5.74) is 10.9. The number of rotatable bonds is 2. The molecule has 2 nitrogen and oxygen atoms in total. The van der Waals surface area contributed by atoms with Crippen molar-refractivity contribution in [2.75, 3.05) is 5.73 Å². The topological polar surface area (TPSA) is 38.9 Å². The van der Waals surface area contributed by atoms with Gasteiger partial charge in [-0.25, -0.2) is 4.98 Å². The van der Waals surface area contributed by atoms with E-state index in [1.165, 1.54) is 47.4 Å². The van der Waals surface area contributed by atoms with Gasteiger partial charge in [-0.3, -0.25) is 0 Å². The number of aryl methyl sites for hydroxylation is 2. The monoisotopic (exact) mass is 272 g/mol. The van der Waals surface area contributed by atoms with Crippen molar-refractivity contribution in [2.45, 2.75) is 45.4 Å². The molecule has 19 heavy (non-hydrogen) atoms. The van der Waals surface area contributed by atoms with Crippen LogP contribution in [0.15, 0.2) is 18.2 Å². The Morgan fingerprint density at radius 3 is 2.63 bits per heavy atom. The highest BCUT2D eigenvalue weighted by atomic mass is 32.1. The average Bonchev–Trinajstić information content (AvgIpc) is 2.98. The van der Waals surface area contributed by atoms with Crippen molar-refractivity contribution in [1.82, 2.24) is 4.98 Å². The Hall–Kier alpha value is -1.35. The molecule has 3 rings (SSSR count). The van der Waals surface area contributed by atoms with Crippen LogP contribution in [0, 0.1) is 13.8 Å². The van der Waals surface area contributed by atoms with Crippen LogP contribution < -0.4 is 5.73 Å². The van der Waals surface area contributed by atoms with Crippen molar-refractivity contribution >= 4 is 16.3 Å². The maximum Gasteiger partial charge on any atom is 0.114 e. The summed E-state index contributed by atoms with van der Waals surface area (Å²) in [5.74, 6) is 0.645. The van der Waals surface area contributed by atoms with E-state index in [2.05, 4.69) is 32.0 Å². The van der Waals surface area contributed by atoms with E-state index >= 15 is 0 Å². The van der Waals surface area contributed by atoms with Gasteiger partial charge in [0.2, 0.25) is 0 Å². The minimum atomic E-state index is 0.645. The first kappa shape index (κ1) is 12.7. The number of nitrogens with zero attached hydrogens (tertiary/aromatic N) is 1. The fourth-order valence-electron chi connectivity index (χ4n) is 2.97. The lowest BCUT2D eigenvalue weighted by Crippen LogP contribution is -1.92. The third-order valence-corrected chi connectivity index (χ3v) is 5.06. The molecule has 1 aromatic heterocycles. The quantitative estimate of drug-likeness (QED) is 0.863. The number of thiazole rings is 1. The van der Waals surface area contributed by atoms with E-state index in [0.29, 0.717) is 5.92 Å². The van der Waals surface area contributed by atoms with Crippen LogP contribution in [0.3, 0.4) is 0 Å². The predicted molar refractivity (Wildman–Crippen MR) is 82.6 cm³/mol. The molecular formula is C16H20N2S. The molecule has 0 bridgehead atoms. The van der Waals surface area contributed by atoms with E-state index < -0.39 is 0 Å². The zero-order valence-electron chi connectivity index (χ0n) is 11.6. The maximum absolute atomic E-state index is 6.20. The highest BCUT2D eigenvalue weighted by molar-refractivity contribution is 7.16. The Labute approximate surface area is 118 Å². The molecule has 1 heterocycles. The van der Waals surface area contributed by atoms with Gasteiger partial charge in [-0.15, -0.1) is 11.3 Å². The van der Waals surface area contributed by atoms with Crippen molar-refractivity contribution in [3.8, 4) is 11.3 Å². The van der Waals surface area contributed by atoms with Crippen LogP contribution in [0.4, 0.5) is 5.00 Å². The summed E-state index contributed by atoms with van der Waals surface area (Å²) in [5, 5.41) is 2.11. The number of anilines is 1. The molecule has 1 aromatic carbocycles. The lowest BCUT2D eigenvalue weighted by molar-refractivity contribution is 0.717. The molecule has 1 aliphatic carbocycles. The molecule has 0 amide bonds. The molecule has 0 unspecified atom stereocenters. The van der Waals surface area contributed by atoms with Gasteiger partial charge in [0.05, 0.1) is 5.01 Å². The average molecular weight is 272 g/mol. The summed E-state index contributed by atoms with van der Waals surface area (Å²) in [6.45, 7) is 4.25. The molecule has 1 fully saturated rings. The van der Waals surface area contributed by atoms with E-state index in [1.807, 2.05) is 0 Å². The van der Waals surface area contributed by atoms with Crippen molar-refractivity contribution in [3.05, 3.63) is 34.3 Å². The summed E-state index contributed by atoms with van der Waals surface area (Å²) in [4.78, 5) is 4.85. The van der Waals surface area contributed by atoms with Crippen LogP contribution in [0.25, 0.3) is 11.3 Å². The third-order valence-electron chi connectivity index (χ3n) is 4.01. The van der Waals surface area contributed by atoms with E-state index in [-0.39, 0.29) is 0 Å². The van der Waals surface area contributed by atoms with Crippen LogP contribution in [0.2, 0.25) is 0 Å². The number of nitrogens with two attached hydrogens (primary N) is 1. The second kappa shape index (κ2) is 4.97. The fourth-order valence-corrected chi connectivity index (χ4v) is 3.99. The Morgan fingerprint density at radius 2 is 1.95 bits per heavy atom. The largest absolute Gasteiger partial charge is 0.389 e. The molecule has 100 valence electrons. The summed E-state index contributed by atoms with van der Waals surface area (Å²) in [7, 11) is 0. The summed E-state index contributed by atoms with van der Waals surface area (Å²) in [6, 6.07) is 6.48. The standard InChI is InChI=1S/C16H20N2S/c1-10-7-8-13(11(2)9-10)14-15(17)19-16(18-14)12-5-3-4-6-12/h7-9,12H,3-6,17H2,1-2H3. The molecule has 2 aromatic rings. The molecular weight excluding hydrogens is 252 g/mol. The zero-order valence-corrected chi connectivity index (χ0v) is 12.4. The van der Waals surface area contributed by atoms with Crippen LogP contribution in [-0.4, -0.2) is 4.98 Å². The Balaban J connectivity index is 2.00. The smallest absolute Gasteiger partial charge is 0.114 e. The molecule has 0 spiro atoms. The number of hydrogen-bond acceptors (Lipinski definition) is 3. The summed E-state index contributed by atoms with van der Waals surface area (Å²) >= 11 is 1.69. The first-order chi connectivity index (χ1) is 9.15. The van der Waals surface area contributed by atoms with Gasteiger partial charge < -0.3 is 5.73 Å². The number of nitrogen functional groups attached to an aromatic ring is 1. The van der Waals surface area contributed by atoms with Crippen molar-refractivity contribution in [2.24, 2.45) is 0 Å². The minimum Gasteiger partial charge on any atom is -0.389 e. The van der Waals surface area contributed by atoms with Gasteiger partial charge in [0.25, 0.3) is 0 Å². The second-order valence-electron chi connectivity index (χ2n) is 5.56. The Kier molecular flexibility index (Phi) is 3.31. The van der Waals surface area contributed by atoms with Crippen LogP contribution in [-0.2, 0) is 0 Å². The Morgan fingerprint density at radius 1 is 1.21 bits per heavy atom. The van der Waals surface area contributed by atoms with Gasteiger partial charge in [0, 0.05) is 11.5 Å². The fraction of sp³-hybridized carbons (Fsp3) is 0.438. The highest BCUT2D eigenvalue weighted by Gasteiger charge is 2.22. The van der Waals surface area contributed by atoms with E-state index in [1.54, 1.807) is 11.3 Å². The van der Waals surface area contributed by atoms with Crippen molar-refractivity contribution in [3.63, 3.8) is 0 Å². The number of hydrogen-bond donors (Lipinski definition) is 1. The van der Waals surface area contributed by atoms with E-state index in [0.717, 1.165) is 10.7 Å². The summed E-state index contributed by atoms with van der Waals surface area (Å²) in [6.07, 6.45) is 5.23. The predicted octanol–water partition coefficient (Wildman–Crippen LogP) is 4.67. The molecule has 0 radical (unpaired) electrons. The van der Waals surface area contributed by atoms with Crippen molar-refractivity contribution in [1.29, 1.82) is 0 Å². The first-order valence-corrected chi connectivity index (χ1v) is 7.80. The van der Waals surface area contributed by atoms with Crippen molar-refractivity contribution < 1.29 is 0 Å². The molecule has 1 aliphatic rings. The summed E-state index contributed by atoms with van der Waals surface area (Å²) < 4.78 is 0. The van der Waals surface area contributed by atoms with Gasteiger partial charge in [-0.05, 0) is 32.3 Å². The number of benzene rings is 1. The van der Waals surface area contributed by atoms with Crippen LogP contribution >= 0.6 is 11.3 Å². The second-order valence-corrected chi connectivity index (χ2v) is 6.63. The van der Waals surface area contributed by atoms with Gasteiger partial charge in [-0.2, -0.15) is 0 Å². The van der Waals surface area contributed by atoms with Gasteiger partial charge >= 0.3 is 0 Å². The molecule has 2 N–H and O–H groups in total. The lowest BCUT2D eigenvalue weighted by atomic mass is 10.0. The molecule has 0 saturated heterocycles. The Bertz CT molecular complexity index is 595. The zero-order chi connectivity index (χ0) is 13.4. The SMILES string of the molecule is Cc1ccc(-c2nc(C3CCCC3)sc2N)c(C)c1.